The van der Waals surface area contributed by atoms with E-state index in [-0.39, 0.29) is 22.7 Å². The standard InChI is InChI=1S/C10H14N4O4.C5H4ClN3O3.C5H11NO/c1-6-5-18-4-3-13(6)10-11-7(2)8(14(16)17)9(15)12-10;1-2-3(9(11)12)4(10)8-5(6)7-2;1-5-4-7-3-2-6-5/h6H,3-5H2,1-2H3,(H,11,12,15);1H3,(H,7,8,10);5-6H,2-4H2,1H3/t;;5-/m..0/s1. The third-order valence-electron chi connectivity index (χ3n) is 5.21. The Morgan fingerprint density at radius 2 is 1.51 bits per heavy atom. The molecule has 2 fully saturated rings. The third kappa shape index (κ3) is 8.56. The Hall–Kier alpha value is -3.47. The first-order chi connectivity index (χ1) is 17.4. The Labute approximate surface area is 215 Å². The number of halogens is 1. The molecule has 0 bridgehead atoms. The zero-order valence-corrected chi connectivity index (χ0v) is 21.5. The molecule has 0 spiro atoms. The van der Waals surface area contributed by atoms with E-state index in [0.29, 0.717) is 31.7 Å². The van der Waals surface area contributed by atoms with Crippen LogP contribution in [0.2, 0.25) is 5.28 Å². The van der Waals surface area contributed by atoms with E-state index in [1.54, 1.807) is 0 Å². The normalized spacial score (nSPS) is 19.1. The number of nitro groups is 2. The number of morpholine rings is 2. The summed E-state index contributed by atoms with van der Waals surface area (Å²) in [7, 11) is 0. The van der Waals surface area contributed by atoms with E-state index in [9.17, 15) is 29.8 Å². The van der Waals surface area contributed by atoms with E-state index in [4.69, 9.17) is 21.1 Å². The summed E-state index contributed by atoms with van der Waals surface area (Å²) in [6.45, 7) is 11.3. The molecule has 17 heteroatoms. The van der Waals surface area contributed by atoms with Crippen LogP contribution in [-0.2, 0) is 9.47 Å². The minimum absolute atomic E-state index is 0.00810. The summed E-state index contributed by atoms with van der Waals surface area (Å²) < 4.78 is 10.4. The van der Waals surface area contributed by atoms with Crippen molar-refractivity contribution in [2.24, 2.45) is 0 Å². The van der Waals surface area contributed by atoms with Crippen molar-refractivity contribution in [2.45, 2.75) is 39.8 Å². The van der Waals surface area contributed by atoms with Gasteiger partial charge in [0, 0.05) is 19.1 Å². The highest BCUT2D eigenvalue weighted by Gasteiger charge is 2.25. The van der Waals surface area contributed by atoms with Crippen LogP contribution in [0.4, 0.5) is 17.3 Å². The van der Waals surface area contributed by atoms with E-state index >= 15 is 0 Å². The highest BCUT2D eigenvalue weighted by atomic mass is 35.5. The maximum atomic E-state index is 11.7. The van der Waals surface area contributed by atoms with Crippen molar-refractivity contribution < 1.29 is 19.3 Å². The average Bonchev–Trinajstić information content (AvgIpc) is 2.79. The molecule has 2 aliphatic rings. The molecule has 2 aliphatic heterocycles. The summed E-state index contributed by atoms with van der Waals surface area (Å²) in [5.74, 6) is 0.360. The van der Waals surface area contributed by atoms with Crippen LogP contribution >= 0.6 is 11.6 Å². The highest BCUT2D eigenvalue weighted by molar-refractivity contribution is 6.28. The fourth-order valence-electron chi connectivity index (χ4n) is 3.41. The van der Waals surface area contributed by atoms with Crippen LogP contribution in [-0.4, -0.2) is 81.4 Å². The number of aromatic nitrogens is 4. The van der Waals surface area contributed by atoms with E-state index in [0.717, 1.165) is 19.8 Å². The summed E-state index contributed by atoms with van der Waals surface area (Å²) in [4.78, 5) is 56.0. The third-order valence-corrected chi connectivity index (χ3v) is 5.39. The van der Waals surface area contributed by atoms with Crippen molar-refractivity contribution in [3.63, 3.8) is 0 Å². The number of aromatic amines is 2. The molecule has 2 aromatic rings. The van der Waals surface area contributed by atoms with Gasteiger partial charge in [0.05, 0.1) is 42.3 Å². The van der Waals surface area contributed by atoms with Gasteiger partial charge in [0.25, 0.3) is 0 Å². The molecule has 16 nitrogen and oxygen atoms in total. The molecule has 0 aromatic carbocycles. The fourth-order valence-corrected chi connectivity index (χ4v) is 3.63. The SMILES string of the molecule is C[C@H]1COCCN1.Cc1nc(Cl)[nH]c(=O)c1[N+](=O)[O-].Cc1nc(N2CCOCC2C)[nH]c(=O)c1[N+](=O)[O-]. The molecule has 37 heavy (non-hydrogen) atoms. The second-order valence-electron chi connectivity index (χ2n) is 8.18. The number of nitrogens with one attached hydrogen (secondary N) is 3. The van der Waals surface area contributed by atoms with Crippen molar-refractivity contribution in [2.75, 3.05) is 44.4 Å². The van der Waals surface area contributed by atoms with Gasteiger partial charge in [-0.1, -0.05) is 0 Å². The molecule has 2 saturated heterocycles. The molecule has 0 amide bonds. The van der Waals surface area contributed by atoms with Crippen LogP contribution in [0.15, 0.2) is 9.59 Å². The Morgan fingerprint density at radius 3 is 1.95 bits per heavy atom. The summed E-state index contributed by atoms with van der Waals surface area (Å²) in [5, 5.41) is 24.1. The Morgan fingerprint density at radius 1 is 0.946 bits per heavy atom. The maximum Gasteiger partial charge on any atom is 0.354 e. The molecular formula is C20H29ClN8O8. The summed E-state index contributed by atoms with van der Waals surface area (Å²) in [6.07, 6.45) is 0. The number of nitrogens with zero attached hydrogens (tertiary/aromatic N) is 5. The van der Waals surface area contributed by atoms with Gasteiger partial charge in [-0.25, -0.2) is 9.97 Å². The zero-order valence-electron chi connectivity index (χ0n) is 20.8. The number of hydrogen-bond donors (Lipinski definition) is 3. The minimum Gasteiger partial charge on any atom is -0.379 e. The average molecular weight is 545 g/mol. The van der Waals surface area contributed by atoms with Gasteiger partial charge in [0.2, 0.25) is 11.2 Å². The topological polar surface area (TPSA) is 212 Å². The van der Waals surface area contributed by atoms with Gasteiger partial charge in [-0.2, -0.15) is 0 Å². The highest BCUT2D eigenvalue weighted by Crippen LogP contribution is 2.17. The summed E-state index contributed by atoms with van der Waals surface area (Å²) in [6, 6.07) is 0.636. The largest absolute Gasteiger partial charge is 0.379 e. The van der Waals surface area contributed by atoms with Gasteiger partial charge in [0.15, 0.2) is 0 Å². The van der Waals surface area contributed by atoms with Gasteiger partial charge < -0.3 is 19.7 Å². The second kappa shape index (κ2) is 13.7. The molecule has 204 valence electrons. The van der Waals surface area contributed by atoms with Crippen molar-refractivity contribution in [3.8, 4) is 0 Å². The van der Waals surface area contributed by atoms with Crippen molar-refractivity contribution in [3.05, 3.63) is 57.6 Å². The zero-order chi connectivity index (χ0) is 27.7. The molecular weight excluding hydrogens is 516 g/mol. The van der Waals surface area contributed by atoms with Gasteiger partial charge in [-0.05, 0) is 39.3 Å². The lowest BCUT2D eigenvalue weighted by Crippen LogP contribution is -2.45. The van der Waals surface area contributed by atoms with Crippen LogP contribution < -0.4 is 21.3 Å². The Balaban J connectivity index is 0.000000217. The minimum atomic E-state index is -0.836. The van der Waals surface area contributed by atoms with Crippen LogP contribution in [0.1, 0.15) is 25.2 Å². The molecule has 2 aromatic heterocycles. The number of anilines is 1. The molecule has 0 radical (unpaired) electrons. The number of rotatable bonds is 3. The monoisotopic (exact) mass is 544 g/mol. The predicted octanol–water partition coefficient (Wildman–Crippen LogP) is 0.846. The van der Waals surface area contributed by atoms with Gasteiger partial charge in [-0.3, -0.25) is 39.8 Å². The first-order valence-electron chi connectivity index (χ1n) is 11.2. The van der Waals surface area contributed by atoms with Crippen LogP contribution in [0.3, 0.4) is 0 Å². The van der Waals surface area contributed by atoms with E-state index in [1.165, 1.54) is 13.8 Å². The van der Waals surface area contributed by atoms with Crippen molar-refractivity contribution >= 4 is 28.9 Å². The summed E-state index contributed by atoms with van der Waals surface area (Å²) >= 11 is 5.34. The lowest BCUT2D eigenvalue weighted by molar-refractivity contribution is -0.387. The lowest BCUT2D eigenvalue weighted by Gasteiger charge is -2.33. The number of ether oxygens (including phenoxy) is 2. The molecule has 1 unspecified atom stereocenters. The van der Waals surface area contributed by atoms with E-state index < -0.39 is 32.3 Å². The summed E-state index contributed by atoms with van der Waals surface area (Å²) in [5.41, 5.74) is -2.50. The second-order valence-corrected chi connectivity index (χ2v) is 8.53. The molecule has 0 saturated carbocycles. The molecule has 4 rings (SSSR count). The van der Waals surface area contributed by atoms with Crippen molar-refractivity contribution in [1.82, 2.24) is 25.3 Å². The maximum absolute atomic E-state index is 11.7. The van der Waals surface area contributed by atoms with Gasteiger partial charge in [-0.15, -0.1) is 0 Å². The first-order valence-corrected chi connectivity index (χ1v) is 11.6. The van der Waals surface area contributed by atoms with Crippen molar-refractivity contribution in [1.29, 1.82) is 0 Å². The van der Waals surface area contributed by atoms with E-state index in [2.05, 4.69) is 27.2 Å². The molecule has 4 heterocycles. The van der Waals surface area contributed by atoms with Gasteiger partial charge >= 0.3 is 22.5 Å². The molecule has 0 aliphatic carbocycles. The Kier molecular flexibility index (Phi) is 11.0. The first kappa shape index (κ1) is 29.8. The predicted molar refractivity (Wildman–Crippen MR) is 133 cm³/mol. The van der Waals surface area contributed by atoms with Crippen LogP contribution in [0.5, 0.6) is 0 Å². The Bertz CT molecular complexity index is 1210. The number of H-pyrrole nitrogens is 2. The molecule has 2 atom stereocenters. The lowest BCUT2D eigenvalue weighted by atomic mass is 10.2. The fraction of sp³-hybridized carbons (Fsp3) is 0.600. The van der Waals surface area contributed by atoms with Crippen LogP contribution in [0, 0.1) is 34.1 Å². The number of aryl methyl sites for hydroxylation is 2. The van der Waals surface area contributed by atoms with Gasteiger partial charge in [0.1, 0.15) is 11.4 Å². The smallest absolute Gasteiger partial charge is 0.354 e. The van der Waals surface area contributed by atoms with Crippen LogP contribution in [0.25, 0.3) is 0 Å². The number of hydrogen-bond acceptors (Lipinski definition) is 12. The van der Waals surface area contributed by atoms with E-state index in [1.807, 2.05) is 16.8 Å². The molecule has 3 N–H and O–H groups in total. The quantitative estimate of drug-likeness (QED) is 0.278.